The van der Waals surface area contributed by atoms with Crippen molar-refractivity contribution in [1.82, 2.24) is 4.90 Å². The smallest absolute Gasteiger partial charge is 0.413 e. The summed E-state index contributed by atoms with van der Waals surface area (Å²) in [4.78, 5) is 16.1. The molecule has 0 radical (unpaired) electrons. The van der Waals surface area contributed by atoms with Gasteiger partial charge in [0.2, 0.25) is 0 Å². The van der Waals surface area contributed by atoms with Crippen LogP contribution in [0, 0.1) is 5.41 Å². The molecule has 7 nitrogen and oxygen atoms in total. The standard InChI is InChI=1S/C20H36F2N2O5SSi/c1-10-24(17(26)27)16-23-14-12(29-31(8,9)19(5,6)7)11(25)13(15(21)22)28-20(14,30-16)18(2,3)4/h11-15,25H,10H2,1-9H3,(H,26,27)/t11-,12-,13-,14+,20-/m0/s1. The number of aliphatic hydroxyl groups is 1. The van der Waals surface area contributed by atoms with Gasteiger partial charge >= 0.3 is 6.09 Å². The Bertz CT molecular complexity index is 725. The molecular formula is C20H36F2N2O5SSi. The molecule has 1 amide bonds. The number of halogens is 2. The van der Waals surface area contributed by atoms with Crippen molar-refractivity contribution in [3.63, 3.8) is 0 Å². The quantitative estimate of drug-likeness (QED) is 0.569. The van der Waals surface area contributed by atoms with Crippen LogP contribution < -0.4 is 0 Å². The molecule has 1 fully saturated rings. The number of amides is 1. The number of aliphatic imine (C=N–C) groups is 1. The Morgan fingerprint density at radius 2 is 1.87 bits per heavy atom. The number of carboxylic acid groups (broad SMARTS) is 1. The zero-order chi connectivity index (χ0) is 24.2. The van der Waals surface area contributed by atoms with Crippen molar-refractivity contribution in [2.75, 3.05) is 6.54 Å². The van der Waals surface area contributed by atoms with Crippen molar-refractivity contribution in [1.29, 1.82) is 0 Å². The number of ether oxygens (including phenoxy) is 1. The van der Waals surface area contributed by atoms with Crippen molar-refractivity contribution in [2.45, 2.75) is 102 Å². The van der Waals surface area contributed by atoms with E-state index in [4.69, 9.17) is 9.16 Å². The number of aliphatic hydroxyl groups excluding tert-OH is 1. The number of thioether (sulfide) groups is 1. The molecule has 11 heteroatoms. The van der Waals surface area contributed by atoms with E-state index in [9.17, 15) is 23.8 Å². The maximum atomic E-state index is 14.0. The molecule has 0 bridgehead atoms. The van der Waals surface area contributed by atoms with Gasteiger partial charge in [0.1, 0.15) is 18.2 Å². The Labute approximate surface area is 188 Å². The van der Waals surface area contributed by atoms with Gasteiger partial charge in [0.25, 0.3) is 6.43 Å². The SMILES string of the molecule is CCN(C(=O)O)C1=N[C@@H]2[C@@H](O[Si](C)(C)C(C)(C)C)[C@H](O)[C@@H](C(F)F)O[C@]2(C(C)(C)C)S1. The Morgan fingerprint density at radius 3 is 2.26 bits per heavy atom. The van der Waals surface area contributed by atoms with Crippen LogP contribution >= 0.6 is 11.8 Å². The molecule has 0 aromatic carbocycles. The minimum atomic E-state index is -2.94. The molecule has 2 aliphatic heterocycles. The van der Waals surface area contributed by atoms with Crippen molar-refractivity contribution in [3.8, 4) is 0 Å². The van der Waals surface area contributed by atoms with E-state index in [1.807, 2.05) is 54.6 Å². The zero-order valence-corrected chi connectivity index (χ0v) is 21.6. The predicted octanol–water partition coefficient (Wildman–Crippen LogP) is 4.62. The molecule has 0 unspecified atom stereocenters. The summed E-state index contributed by atoms with van der Waals surface area (Å²) >= 11 is 1.03. The topological polar surface area (TPSA) is 91.6 Å². The number of amidine groups is 1. The highest BCUT2D eigenvalue weighted by Crippen LogP contribution is 2.57. The molecule has 2 rings (SSSR count). The van der Waals surface area contributed by atoms with E-state index in [1.165, 1.54) is 0 Å². The van der Waals surface area contributed by atoms with Gasteiger partial charge in [-0.05, 0) is 25.1 Å². The number of alkyl halides is 2. The predicted molar refractivity (Wildman–Crippen MR) is 120 cm³/mol. The van der Waals surface area contributed by atoms with Crippen LogP contribution in [0.3, 0.4) is 0 Å². The molecule has 5 atom stereocenters. The van der Waals surface area contributed by atoms with E-state index < -0.39 is 55.5 Å². The van der Waals surface area contributed by atoms with Crippen LogP contribution in [0.25, 0.3) is 0 Å². The minimum absolute atomic E-state index is 0.142. The Hall–Kier alpha value is -0.753. The molecule has 0 aromatic rings. The van der Waals surface area contributed by atoms with Gasteiger partial charge in [-0.3, -0.25) is 9.89 Å². The van der Waals surface area contributed by atoms with Crippen molar-refractivity contribution in [3.05, 3.63) is 0 Å². The number of nitrogens with zero attached hydrogens (tertiary/aromatic N) is 2. The highest BCUT2D eigenvalue weighted by Gasteiger charge is 2.66. The first-order chi connectivity index (χ1) is 13.9. The summed E-state index contributed by atoms with van der Waals surface area (Å²) in [5.74, 6) is 0. The third-order valence-electron chi connectivity index (χ3n) is 6.49. The first-order valence-corrected chi connectivity index (χ1v) is 14.2. The number of rotatable bonds is 4. The first kappa shape index (κ1) is 26.5. The normalized spacial score (nSPS) is 32.1. The van der Waals surface area contributed by atoms with Crippen LogP contribution in [0.15, 0.2) is 4.99 Å². The lowest BCUT2D eigenvalue weighted by Crippen LogP contribution is -2.69. The maximum Gasteiger partial charge on any atom is 0.413 e. The van der Waals surface area contributed by atoms with Gasteiger partial charge in [0.15, 0.2) is 18.4 Å². The van der Waals surface area contributed by atoms with Gasteiger partial charge in [-0.25, -0.2) is 13.6 Å². The van der Waals surface area contributed by atoms with Gasteiger partial charge < -0.3 is 19.4 Å². The summed E-state index contributed by atoms with van der Waals surface area (Å²) in [6.45, 7) is 17.4. The van der Waals surface area contributed by atoms with Gasteiger partial charge in [-0.1, -0.05) is 53.3 Å². The summed E-state index contributed by atoms with van der Waals surface area (Å²) in [5.41, 5.74) is -0.714. The molecule has 2 aliphatic rings. The van der Waals surface area contributed by atoms with Crippen molar-refractivity contribution in [2.24, 2.45) is 10.4 Å². The second-order valence-electron chi connectivity index (χ2n) is 10.7. The molecular weight excluding hydrogens is 446 g/mol. The first-order valence-electron chi connectivity index (χ1n) is 10.5. The highest BCUT2D eigenvalue weighted by molar-refractivity contribution is 8.15. The second-order valence-corrected chi connectivity index (χ2v) is 16.6. The number of hydrogen-bond donors (Lipinski definition) is 2. The molecule has 180 valence electrons. The van der Waals surface area contributed by atoms with Crippen LogP contribution in [0.2, 0.25) is 18.1 Å². The van der Waals surface area contributed by atoms with Crippen LogP contribution in [0.1, 0.15) is 48.5 Å². The molecule has 1 saturated heterocycles. The Balaban J connectivity index is 2.65. The molecule has 0 spiro atoms. The molecule has 31 heavy (non-hydrogen) atoms. The van der Waals surface area contributed by atoms with Crippen LogP contribution in [0.5, 0.6) is 0 Å². The Morgan fingerprint density at radius 1 is 1.32 bits per heavy atom. The van der Waals surface area contributed by atoms with E-state index in [-0.39, 0.29) is 16.8 Å². The van der Waals surface area contributed by atoms with Gasteiger partial charge in [-0.15, -0.1) is 0 Å². The molecule has 2 N–H and O–H groups in total. The van der Waals surface area contributed by atoms with Gasteiger partial charge in [0, 0.05) is 12.0 Å². The number of carbonyl (C=O) groups is 1. The fourth-order valence-corrected chi connectivity index (χ4v) is 6.39. The summed E-state index contributed by atoms with van der Waals surface area (Å²) in [6, 6.07) is -0.847. The fraction of sp³-hybridized carbons (Fsp3) is 0.900. The zero-order valence-electron chi connectivity index (χ0n) is 19.8. The Kier molecular flexibility index (Phi) is 7.31. The van der Waals surface area contributed by atoms with E-state index in [0.717, 1.165) is 16.7 Å². The molecule has 0 saturated carbocycles. The monoisotopic (exact) mass is 482 g/mol. The van der Waals surface area contributed by atoms with Crippen LogP contribution in [0.4, 0.5) is 13.6 Å². The summed E-state index contributed by atoms with van der Waals surface area (Å²) in [5, 5.41) is 20.5. The molecule has 0 aromatic heterocycles. The third-order valence-corrected chi connectivity index (χ3v) is 12.7. The average molecular weight is 483 g/mol. The van der Waals surface area contributed by atoms with Gasteiger partial charge in [0.05, 0.1) is 6.10 Å². The lowest BCUT2D eigenvalue weighted by molar-refractivity contribution is -0.243. The summed E-state index contributed by atoms with van der Waals surface area (Å²) in [7, 11) is -2.50. The fourth-order valence-electron chi connectivity index (χ4n) is 3.56. The second kappa shape index (κ2) is 8.55. The molecule has 2 heterocycles. The van der Waals surface area contributed by atoms with E-state index >= 15 is 0 Å². The number of hydrogen-bond acceptors (Lipinski definition) is 6. The average Bonchev–Trinajstić information content (AvgIpc) is 2.96. The minimum Gasteiger partial charge on any atom is -0.465 e. The maximum absolute atomic E-state index is 14.0. The van der Waals surface area contributed by atoms with E-state index in [1.54, 1.807) is 6.92 Å². The number of fused-ring (bicyclic) bond motifs is 1. The highest BCUT2D eigenvalue weighted by atomic mass is 32.2. The van der Waals surface area contributed by atoms with Gasteiger partial charge in [-0.2, -0.15) is 0 Å². The lowest BCUT2D eigenvalue weighted by atomic mass is 9.78. The lowest BCUT2D eigenvalue weighted by Gasteiger charge is -2.54. The van der Waals surface area contributed by atoms with Crippen molar-refractivity contribution >= 4 is 31.3 Å². The van der Waals surface area contributed by atoms with Crippen LogP contribution in [-0.4, -0.2) is 76.9 Å². The van der Waals surface area contributed by atoms with E-state index in [0.29, 0.717) is 0 Å². The van der Waals surface area contributed by atoms with Crippen LogP contribution in [-0.2, 0) is 9.16 Å². The van der Waals surface area contributed by atoms with Crippen molar-refractivity contribution < 1.29 is 33.0 Å². The summed E-state index contributed by atoms with van der Waals surface area (Å²) in [6.07, 6.45) is -8.55. The third kappa shape index (κ3) is 4.66. The largest absolute Gasteiger partial charge is 0.465 e. The summed E-state index contributed by atoms with van der Waals surface area (Å²) < 4.78 is 40.4. The van der Waals surface area contributed by atoms with E-state index in [2.05, 4.69) is 4.99 Å². The molecule has 0 aliphatic carbocycles.